The van der Waals surface area contributed by atoms with Gasteiger partial charge in [0.05, 0.1) is 18.8 Å². The second-order valence-electron chi connectivity index (χ2n) is 3.78. The molecule has 0 saturated carbocycles. The highest BCUT2D eigenvalue weighted by atomic mass is 16.5. The van der Waals surface area contributed by atoms with Gasteiger partial charge < -0.3 is 20.3 Å². The minimum atomic E-state index is -0.464. The van der Waals surface area contributed by atoms with E-state index in [9.17, 15) is 9.90 Å². The molecule has 0 spiro atoms. The fourth-order valence-corrected chi connectivity index (χ4v) is 1.31. The summed E-state index contributed by atoms with van der Waals surface area (Å²) >= 11 is 0. The first-order valence-corrected chi connectivity index (χ1v) is 5.38. The lowest BCUT2D eigenvalue weighted by atomic mass is 10.1. The maximum atomic E-state index is 11.7. The molecule has 1 unspecified atom stereocenters. The van der Waals surface area contributed by atoms with Crippen molar-refractivity contribution in [3.05, 3.63) is 23.8 Å². The van der Waals surface area contributed by atoms with Gasteiger partial charge in [-0.05, 0) is 31.5 Å². The average molecular weight is 239 g/mol. The van der Waals surface area contributed by atoms with Crippen LogP contribution in [0.1, 0.15) is 23.7 Å². The lowest BCUT2D eigenvalue weighted by Crippen LogP contribution is -2.26. The Kier molecular flexibility index (Phi) is 4.78. The number of hydrogen-bond acceptors (Lipinski definition) is 4. The van der Waals surface area contributed by atoms with E-state index in [4.69, 9.17) is 9.84 Å². The predicted octanol–water partition coefficient (Wildman–Crippen LogP) is 0.901. The minimum absolute atomic E-state index is 0.0969. The van der Waals surface area contributed by atoms with E-state index in [0.717, 1.165) is 0 Å². The third-order valence-electron chi connectivity index (χ3n) is 2.30. The molecule has 5 heteroatoms. The molecular formula is C12H17NO4. The molecule has 1 aromatic carbocycles. The number of phenols is 1. The topological polar surface area (TPSA) is 78.8 Å². The second-order valence-corrected chi connectivity index (χ2v) is 3.78. The number of carbonyl (C=O) groups excluding carboxylic acids is 1. The number of aliphatic hydroxyl groups is 1. The Hall–Kier alpha value is -1.75. The number of aromatic hydroxyl groups is 1. The minimum Gasteiger partial charge on any atom is -0.507 e. The van der Waals surface area contributed by atoms with Crippen molar-refractivity contribution in [3.8, 4) is 11.5 Å². The SMILES string of the molecule is COc1ccc(O)c(C(=O)NCCC(C)O)c1. The van der Waals surface area contributed by atoms with Gasteiger partial charge in [-0.1, -0.05) is 0 Å². The van der Waals surface area contributed by atoms with E-state index in [2.05, 4.69) is 5.32 Å². The van der Waals surface area contributed by atoms with E-state index < -0.39 is 6.10 Å². The van der Waals surface area contributed by atoms with Gasteiger partial charge in [0.25, 0.3) is 5.91 Å². The average Bonchev–Trinajstić information content (AvgIpc) is 2.29. The predicted molar refractivity (Wildman–Crippen MR) is 63.3 cm³/mol. The fraction of sp³-hybridized carbons (Fsp3) is 0.417. The largest absolute Gasteiger partial charge is 0.507 e. The van der Waals surface area contributed by atoms with Crippen molar-refractivity contribution in [2.75, 3.05) is 13.7 Å². The molecule has 0 aliphatic heterocycles. The van der Waals surface area contributed by atoms with Crippen molar-refractivity contribution in [3.63, 3.8) is 0 Å². The van der Waals surface area contributed by atoms with Crippen molar-refractivity contribution >= 4 is 5.91 Å². The smallest absolute Gasteiger partial charge is 0.255 e. The number of methoxy groups -OCH3 is 1. The summed E-state index contributed by atoms with van der Waals surface area (Å²) in [6, 6.07) is 4.44. The Morgan fingerprint density at radius 2 is 2.24 bits per heavy atom. The summed E-state index contributed by atoms with van der Waals surface area (Å²) in [5.74, 6) is 0.0193. The number of phenolic OH excluding ortho intramolecular Hbond substituents is 1. The highest BCUT2D eigenvalue weighted by molar-refractivity contribution is 5.97. The zero-order chi connectivity index (χ0) is 12.8. The van der Waals surface area contributed by atoms with Crippen LogP contribution in [0, 0.1) is 0 Å². The number of carbonyl (C=O) groups is 1. The van der Waals surface area contributed by atoms with Crippen LogP contribution in [-0.4, -0.2) is 35.9 Å². The molecule has 3 N–H and O–H groups in total. The third kappa shape index (κ3) is 3.96. The van der Waals surface area contributed by atoms with Crippen LogP contribution in [0.3, 0.4) is 0 Å². The van der Waals surface area contributed by atoms with Crippen molar-refractivity contribution in [2.45, 2.75) is 19.4 Å². The molecule has 0 bridgehead atoms. The van der Waals surface area contributed by atoms with Crippen molar-refractivity contribution < 1.29 is 19.7 Å². The molecule has 1 atom stereocenters. The monoisotopic (exact) mass is 239 g/mol. The summed E-state index contributed by atoms with van der Waals surface area (Å²) in [6.07, 6.45) is 0.00502. The van der Waals surface area contributed by atoms with E-state index in [1.807, 2.05) is 0 Å². The maximum absolute atomic E-state index is 11.7. The molecule has 1 aromatic rings. The standard InChI is InChI=1S/C12H17NO4/c1-8(14)5-6-13-12(16)10-7-9(17-2)3-4-11(10)15/h3-4,7-8,14-15H,5-6H2,1-2H3,(H,13,16). The highest BCUT2D eigenvalue weighted by Gasteiger charge is 2.12. The summed E-state index contributed by atoms with van der Waals surface area (Å²) in [5.41, 5.74) is 0.162. The number of amides is 1. The van der Waals surface area contributed by atoms with Gasteiger partial charge in [0, 0.05) is 6.54 Å². The van der Waals surface area contributed by atoms with Gasteiger partial charge in [0.1, 0.15) is 11.5 Å². The summed E-state index contributed by atoms with van der Waals surface area (Å²) in [6.45, 7) is 2.00. The Morgan fingerprint density at radius 3 is 2.82 bits per heavy atom. The lowest BCUT2D eigenvalue weighted by molar-refractivity contribution is 0.0942. The van der Waals surface area contributed by atoms with E-state index >= 15 is 0 Å². The molecule has 0 radical (unpaired) electrons. The zero-order valence-electron chi connectivity index (χ0n) is 9.93. The van der Waals surface area contributed by atoms with Gasteiger partial charge in [-0.2, -0.15) is 0 Å². The van der Waals surface area contributed by atoms with Gasteiger partial charge in [-0.25, -0.2) is 0 Å². The van der Waals surface area contributed by atoms with Crippen LogP contribution in [0.5, 0.6) is 11.5 Å². The van der Waals surface area contributed by atoms with Gasteiger partial charge in [0.15, 0.2) is 0 Å². The summed E-state index contributed by atoms with van der Waals surface area (Å²) in [5, 5.41) is 21.2. The maximum Gasteiger partial charge on any atom is 0.255 e. The quantitative estimate of drug-likeness (QED) is 0.713. The number of rotatable bonds is 5. The molecule has 0 aliphatic carbocycles. The Morgan fingerprint density at radius 1 is 1.53 bits per heavy atom. The molecule has 1 rings (SSSR count). The third-order valence-corrected chi connectivity index (χ3v) is 2.30. The molecular weight excluding hydrogens is 222 g/mol. The second kappa shape index (κ2) is 6.10. The van der Waals surface area contributed by atoms with Crippen LogP contribution in [0.2, 0.25) is 0 Å². The Balaban J connectivity index is 2.67. The number of aliphatic hydroxyl groups excluding tert-OH is 1. The van der Waals surface area contributed by atoms with Crippen LogP contribution in [0.4, 0.5) is 0 Å². The first-order chi connectivity index (χ1) is 8.04. The fourth-order valence-electron chi connectivity index (χ4n) is 1.31. The van der Waals surface area contributed by atoms with E-state index in [0.29, 0.717) is 18.7 Å². The number of ether oxygens (including phenoxy) is 1. The molecule has 94 valence electrons. The van der Waals surface area contributed by atoms with E-state index in [1.54, 1.807) is 13.0 Å². The molecule has 5 nitrogen and oxygen atoms in total. The molecule has 0 aromatic heterocycles. The van der Waals surface area contributed by atoms with Gasteiger partial charge in [-0.3, -0.25) is 4.79 Å². The molecule has 17 heavy (non-hydrogen) atoms. The molecule has 0 aliphatic rings. The van der Waals surface area contributed by atoms with E-state index in [-0.39, 0.29) is 17.2 Å². The molecule has 0 fully saturated rings. The highest BCUT2D eigenvalue weighted by Crippen LogP contribution is 2.22. The summed E-state index contributed by atoms with van der Waals surface area (Å²) in [4.78, 5) is 11.7. The molecule has 0 saturated heterocycles. The number of benzene rings is 1. The van der Waals surface area contributed by atoms with Crippen molar-refractivity contribution in [2.24, 2.45) is 0 Å². The zero-order valence-corrected chi connectivity index (χ0v) is 9.93. The van der Waals surface area contributed by atoms with Crippen molar-refractivity contribution in [1.29, 1.82) is 0 Å². The first kappa shape index (κ1) is 13.3. The van der Waals surface area contributed by atoms with Crippen LogP contribution >= 0.6 is 0 Å². The lowest BCUT2D eigenvalue weighted by Gasteiger charge is -2.09. The number of hydrogen-bond donors (Lipinski definition) is 3. The van der Waals surface area contributed by atoms with Crippen LogP contribution < -0.4 is 10.1 Å². The van der Waals surface area contributed by atoms with Crippen LogP contribution in [0.15, 0.2) is 18.2 Å². The van der Waals surface area contributed by atoms with Gasteiger partial charge in [0.2, 0.25) is 0 Å². The number of nitrogens with one attached hydrogen (secondary N) is 1. The Labute approximate surface area is 100 Å². The van der Waals surface area contributed by atoms with E-state index in [1.165, 1.54) is 19.2 Å². The van der Waals surface area contributed by atoms with Crippen LogP contribution in [0.25, 0.3) is 0 Å². The van der Waals surface area contributed by atoms with Crippen molar-refractivity contribution in [1.82, 2.24) is 5.32 Å². The van der Waals surface area contributed by atoms with Crippen LogP contribution in [-0.2, 0) is 0 Å². The van der Waals surface area contributed by atoms with Gasteiger partial charge >= 0.3 is 0 Å². The Bertz CT molecular complexity index is 390. The van der Waals surface area contributed by atoms with Gasteiger partial charge in [-0.15, -0.1) is 0 Å². The summed E-state index contributed by atoms with van der Waals surface area (Å²) < 4.78 is 4.97. The summed E-state index contributed by atoms with van der Waals surface area (Å²) in [7, 11) is 1.49. The molecule has 0 heterocycles. The first-order valence-electron chi connectivity index (χ1n) is 5.38. The molecule has 1 amide bonds. The normalized spacial score (nSPS) is 11.9.